The fraction of sp³-hybridized carbons (Fsp3) is 0.143. The van der Waals surface area contributed by atoms with Gasteiger partial charge in [-0.2, -0.15) is 5.10 Å². The van der Waals surface area contributed by atoms with E-state index in [2.05, 4.69) is 60.9 Å². The van der Waals surface area contributed by atoms with Crippen LogP contribution >= 0.6 is 11.3 Å². The molecular weight excluding hydrogens is 525 g/mol. The molecule has 1 aromatic heterocycles. The van der Waals surface area contributed by atoms with Crippen molar-refractivity contribution in [1.82, 2.24) is 4.57 Å². The number of amidine groups is 1. The molecule has 0 saturated heterocycles. The van der Waals surface area contributed by atoms with E-state index in [0.29, 0.717) is 11.3 Å². The summed E-state index contributed by atoms with van der Waals surface area (Å²) in [5.41, 5.74) is 12.5. The Morgan fingerprint density at radius 1 is 0.949 bits per heavy atom. The molecule has 0 unspecified atom stereocenters. The van der Waals surface area contributed by atoms with E-state index < -0.39 is 6.36 Å². The highest BCUT2D eigenvalue weighted by Crippen LogP contribution is 2.25. The van der Waals surface area contributed by atoms with Gasteiger partial charge in [0, 0.05) is 16.6 Å². The third-order valence-electron chi connectivity index (χ3n) is 5.57. The van der Waals surface area contributed by atoms with Crippen molar-refractivity contribution in [3.63, 3.8) is 0 Å². The molecule has 0 radical (unpaired) electrons. The van der Waals surface area contributed by atoms with Crippen LogP contribution in [-0.2, 0) is 0 Å². The Balaban J connectivity index is 1.43. The minimum atomic E-state index is -4.74. The molecule has 0 spiro atoms. The van der Waals surface area contributed by atoms with Crippen molar-refractivity contribution in [3.8, 4) is 11.4 Å². The highest BCUT2D eigenvalue weighted by Gasteiger charge is 2.30. The fourth-order valence-electron chi connectivity index (χ4n) is 3.74. The lowest BCUT2D eigenvalue weighted by molar-refractivity contribution is -0.274. The maximum absolute atomic E-state index is 12.3. The highest BCUT2D eigenvalue weighted by molar-refractivity contribution is 7.07. The lowest BCUT2D eigenvalue weighted by Gasteiger charge is -2.12. The van der Waals surface area contributed by atoms with Gasteiger partial charge in [0.05, 0.1) is 17.6 Å². The molecule has 11 heteroatoms. The van der Waals surface area contributed by atoms with Gasteiger partial charge < -0.3 is 10.5 Å². The van der Waals surface area contributed by atoms with Crippen LogP contribution in [0.5, 0.6) is 5.75 Å². The largest absolute Gasteiger partial charge is 0.573 e. The van der Waals surface area contributed by atoms with Gasteiger partial charge in [-0.3, -0.25) is 4.57 Å². The molecule has 0 aliphatic heterocycles. The Bertz CT molecular complexity index is 1580. The Morgan fingerprint density at radius 2 is 1.62 bits per heavy atom. The van der Waals surface area contributed by atoms with Gasteiger partial charge in [-0.1, -0.05) is 42.5 Å². The number of thiazole rings is 1. The first-order valence-electron chi connectivity index (χ1n) is 11.7. The first-order chi connectivity index (χ1) is 18.6. The molecule has 0 saturated carbocycles. The molecule has 0 fully saturated rings. The maximum Gasteiger partial charge on any atom is 0.573 e. The molecule has 0 aliphatic carbocycles. The Kier molecular flexibility index (Phi) is 8.40. The van der Waals surface area contributed by atoms with Crippen LogP contribution in [0.25, 0.3) is 5.69 Å². The molecule has 4 rings (SSSR count). The molecule has 1 heterocycles. The van der Waals surface area contributed by atoms with Gasteiger partial charge in [0.2, 0.25) is 4.80 Å². The number of rotatable bonds is 7. The summed E-state index contributed by atoms with van der Waals surface area (Å²) in [5.74, 6) is -0.0976. The standard InChI is InChI=1S/C28H25F3N6OS/c1-18-5-4-6-19(2)25(18)37-20(3)16-39-27(37)36-35-15-21-7-9-22(10-8-21)26(32)34-17-33-23-11-13-24(14-12-23)38-28(29,30)31/h4-17H,1-3H3,(H2,32,33,34)/b35-15+,36-27-. The number of alkyl halides is 3. The van der Waals surface area contributed by atoms with Crippen molar-refractivity contribution in [2.45, 2.75) is 27.1 Å². The van der Waals surface area contributed by atoms with E-state index in [4.69, 9.17) is 5.73 Å². The molecule has 4 aromatic rings. The third kappa shape index (κ3) is 7.29. The number of nitrogens with zero attached hydrogens (tertiary/aromatic N) is 5. The number of nitrogens with two attached hydrogens (primary N) is 1. The average molecular weight is 551 g/mol. The van der Waals surface area contributed by atoms with Gasteiger partial charge in [-0.25, -0.2) is 9.98 Å². The summed E-state index contributed by atoms with van der Waals surface area (Å²) in [6.07, 6.45) is -1.85. The monoisotopic (exact) mass is 550 g/mol. The molecule has 3 aromatic carbocycles. The summed E-state index contributed by atoms with van der Waals surface area (Å²) in [4.78, 5) is 8.94. The van der Waals surface area contributed by atoms with Crippen LogP contribution in [0.15, 0.2) is 92.3 Å². The number of ether oxygens (including phenoxy) is 1. The SMILES string of the molecule is Cc1cccc(C)c1-n1c(C)cs/c1=N\N=C\c1ccc(C(N)=NC=Nc2ccc(OC(F)(F)F)cc2)cc1. The minimum Gasteiger partial charge on any atom is -0.406 e. The Labute approximate surface area is 227 Å². The zero-order valence-corrected chi connectivity index (χ0v) is 22.2. The van der Waals surface area contributed by atoms with E-state index in [1.165, 1.54) is 41.9 Å². The van der Waals surface area contributed by atoms with Crippen molar-refractivity contribution >= 4 is 35.4 Å². The van der Waals surface area contributed by atoms with Gasteiger partial charge in [-0.05, 0) is 61.7 Å². The summed E-state index contributed by atoms with van der Waals surface area (Å²) in [6.45, 7) is 6.20. The van der Waals surface area contributed by atoms with Crippen molar-refractivity contribution in [1.29, 1.82) is 0 Å². The molecule has 0 amide bonds. The van der Waals surface area contributed by atoms with Crippen LogP contribution in [0.1, 0.15) is 27.9 Å². The van der Waals surface area contributed by atoms with E-state index >= 15 is 0 Å². The van der Waals surface area contributed by atoms with E-state index in [9.17, 15) is 13.2 Å². The zero-order chi connectivity index (χ0) is 28.0. The lowest BCUT2D eigenvalue weighted by Crippen LogP contribution is -2.16. The molecule has 2 N–H and O–H groups in total. The highest BCUT2D eigenvalue weighted by atomic mass is 32.1. The molecule has 0 aliphatic rings. The topological polar surface area (TPSA) is 89.6 Å². The summed E-state index contributed by atoms with van der Waals surface area (Å²) < 4.78 is 42.7. The van der Waals surface area contributed by atoms with Gasteiger partial charge in [0.25, 0.3) is 0 Å². The van der Waals surface area contributed by atoms with Gasteiger partial charge >= 0.3 is 6.36 Å². The summed E-state index contributed by atoms with van der Waals surface area (Å²) in [7, 11) is 0. The number of aromatic nitrogens is 1. The van der Waals surface area contributed by atoms with Crippen LogP contribution < -0.4 is 15.3 Å². The number of aliphatic imine (C=N–C) groups is 2. The second-order valence-electron chi connectivity index (χ2n) is 8.50. The van der Waals surface area contributed by atoms with Crippen LogP contribution in [0.4, 0.5) is 18.9 Å². The molecule has 7 nitrogen and oxygen atoms in total. The summed E-state index contributed by atoms with van der Waals surface area (Å²) in [6, 6.07) is 18.6. The predicted molar refractivity (Wildman–Crippen MR) is 149 cm³/mol. The van der Waals surface area contributed by atoms with E-state index in [1.54, 1.807) is 18.3 Å². The van der Waals surface area contributed by atoms with Crippen molar-refractivity contribution in [2.75, 3.05) is 0 Å². The van der Waals surface area contributed by atoms with E-state index in [1.807, 2.05) is 25.1 Å². The number of benzene rings is 3. The maximum atomic E-state index is 12.3. The number of halogens is 3. The summed E-state index contributed by atoms with van der Waals surface area (Å²) >= 11 is 1.53. The first kappa shape index (κ1) is 27.5. The number of para-hydroxylation sites is 1. The zero-order valence-electron chi connectivity index (χ0n) is 21.3. The quantitative estimate of drug-likeness (QED) is 0.165. The van der Waals surface area contributed by atoms with Crippen LogP contribution in [0.2, 0.25) is 0 Å². The van der Waals surface area contributed by atoms with Crippen molar-refractivity contribution < 1.29 is 17.9 Å². The third-order valence-corrected chi connectivity index (χ3v) is 6.51. The number of hydrogen-bond donors (Lipinski definition) is 1. The van der Waals surface area contributed by atoms with Crippen molar-refractivity contribution in [3.05, 3.63) is 105 Å². The first-order valence-corrected chi connectivity index (χ1v) is 12.6. The smallest absolute Gasteiger partial charge is 0.406 e. The average Bonchev–Trinajstić information content (AvgIpc) is 3.24. The van der Waals surface area contributed by atoms with Gasteiger partial charge in [-0.15, -0.1) is 29.6 Å². The van der Waals surface area contributed by atoms with Gasteiger partial charge in [0.1, 0.15) is 17.9 Å². The molecule has 200 valence electrons. The van der Waals surface area contributed by atoms with E-state index in [-0.39, 0.29) is 11.6 Å². The van der Waals surface area contributed by atoms with Crippen LogP contribution in [-0.4, -0.2) is 29.3 Å². The molecular formula is C28H25F3N6OS. The van der Waals surface area contributed by atoms with Crippen LogP contribution in [0.3, 0.4) is 0 Å². The van der Waals surface area contributed by atoms with Gasteiger partial charge in [0.15, 0.2) is 0 Å². The normalized spacial score (nSPS) is 13.1. The summed E-state index contributed by atoms with van der Waals surface area (Å²) in [5, 5.41) is 10.8. The number of aryl methyl sites for hydroxylation is 3. The minimum absolute atomic E-state index is 0.229. The second kappa shape index (κ2) is 11.9. The van der Waals surface area contributed by atoms with Crippen LogP contribution in [0, 0.1) is 20.8 Å². The fourth-order valence-corrected chi connectivity index (χ4v) is 4.56. The lowest BCUT2D eigenvalue weighted by atomic mass is 10.1. The molecule has 0 bridgehead atoms. The van der Waals surface area contributed by atoms with E-state index in [0.717, 1.165) is 32.9 Å². The predicted octanol–water partition coefficient (Wildman–Crippen LogP) is 6.36. The Hall–Kier alpha value is -4.51. The van der Waals surface area contributed by atoms with Crippen molar-refractivity contribution in [2.24, 2.45) is 25.9 Å². The molecule has 0 atom stereocenters. The second-order valence-corrected chi connectivity index (χ2v) is 9.34. The molecule has 39 heavy (non-hydrogen) atoms. The Morgan fingerprint density at radius 3 is 2.26 bits per heavy atom. The number of hydrogen-bond acceptors (Lipinski definition) is 5.